The van der Waals surface area contributed by atoms with Gasteiger partial charge < -0.3 is 0 Å². The van der Waals surface area contributed by atoms with Gasteiger partial charge in [-0.1, -0.05) is 17.8 Å². The summed E-state index contributed by atoms with van der Waals surface area (Å²) in [7, 11) is -2.97. The number of hydrogen-bond acceptors (Lipinski definition) is 6. The van der Waals surface area contributed by atoms with E-state index in [4.69, 9.17) is 0 Å². The first kappa shape index (κ1) is 15.0. The Hall–Kier alpha value is -1.41. The second-order valence-corrected chi connectivity index (χ2v) is 7.94. The lowest BCUT2D eigenvalue weighted by molar-refractivity contribution is 0.603. The zero-order valence-electron chi connectivity index (χ0n) is 11.6. The Balaban J connectivity index is 2.17. The Morgan fingerprint density at radius 1 is 1.25 bits per heavy atom. The van der Waals surface area contributed by atoms with Gasteiger partial charge in [0, 0.05) is 12.0 Å². The van der Waals surface area contributed by atoms with Crippen molar-refractivity contribution in [3.63, 3.8) is 0 Å². The lowest BCUT2D eigenvalue weighted by atomic mass is 10.1. The third kappa shape index (κ3) is 3.80. The zero-order valence-corrected chi connectivity index (χ0v) is 13.2. The van der Waals surface area contributed by atoms with E-state index in [1.165, 1.54) is 23.6 Å². The fourth-order valence-electron chi connectivity index (χ4n) is 1.57. The number of aromatic nitrogens is 4. The fraction of sp³-hybridized carbons (Fsp3) is 0.417. The lowest BCUT2D eigenvalue weighted by Crippen LogP contribution is -2.06. The summed E-state index contributed by atoms with van der Waals surface area (Å²) in [5, 5.41) is 12.1. The van der Waals surface area contributed by atoms with Crippen molar-refractivity contribution in [1.82, 2.24) is 20.2 Å². The van der Waals surface area contributed by atoms with Gasteiger partial charge in [-0.3, -0.25) is 0 Å². The molecule has 0 atom stereocenters. The van der Waals surface area contributed by atoms with Crippen molar-refractivity contribution < 1.29 is 8.42 Å². The van der Waals surface area contributed by atoms with Crippen LogP contribution in [0, 0.1) is 13.8 Å². The average Bonchev–Trinajstić information content (AvgIpc) is 2.79. The van der Waals surface area contributed by atoms with Crippen molar-refractivity contribution in [2.75, 3.05) is 17.8 Å². The van der Waals surface area contributed by atoms with Crippen molar-refractivity contribution >= 4 is 21.6 Å². The van der Waals surface area contributed by atoms with Gasteiger partial charge in [-0.15, -0.1) is 5.10 Å². The van der Waals surface area contributed by atoms with Gasteiger partial charge in [-0.25, -0.2) is 8.42 Å². The van der Waals surface area contributed by atoms with Crippen molar-refractivity contribution in [2.24, 2.45) is 0 Å². The van der Waals surface area contributed by atoms with E-state index in [9.17, 15) is 8.42 Å². The number of sulfone groups is 1. The van der Waals surface area contributed by atoms with Crippen LogP contribution >= 0.6 is 11.8 Å². The van der Waals surface area contributed by atoms with E-state index in [0.717, 1.165) is 11.3 Å². The highest BCUT2D eigenvalue weighted by molar-refractivity contribution is 8.00. The second-order valence-electron chi connectivity index (χ2n) is 4.62. The predicted octanol–water partition coefficient (Wildman–Crippen LogP) is 1.42. The molecule has 0 amide bonds. The number of benzene rings is 1. The molecule has 0 saturated heterocycles. The molecule has 0 aliphatic heterocycles. The highest BCUT2D eigenvalue weighted by atomic mass is 32.2. The molecule has 0 aliphatic carbocycles. The highest BCUT2D eigenvalue weighted by Gasteiger charge is 2.11. The van der Waals surface area contributed by atoms with Gasteiger partial charge in [0.05, 0.1) is 11.4 Å². The molecular formula is C12H16N4O2S2. The standard InChI is InChI=1S/C12H16N4O2S2/c1-9-4-5-11(8-10(9)2)16-12(13-14-15-16)19-6-7-20(3,17)18/h4-5,8H,6-7H2,1-3H3. The summed E-state index contributed by atoms with van der Waals surface area (Å²) in [5.41, 5.74) is 3.23. The van der Waals surface area contributed by atoms with E-state index in [-0.39, 0.29) is 5.75 Å². The summed E-state index contributed by atoms with van der Waals surface area (Å²) < 4.78 is 23.9. The quantitative estimate of drug-likeness (QED) is 0.777. The van der Waals surface area contributed by atoms with Crippen LogP contribution in [-0.4, -0.2) is 46.4 Å². The number of rotatable bonds is 5. The summed E-state index contributed by atoms with van der Waals surface area (Å²) in [6.45, 7) is 4.07. The number of hydrogen-bond donors (Lipinski definition) is 0. The molecule has 1 heterocycles. The Morgan fingerprint density at radius 2 is 2.00 bits per heavy atom. The zero-order chi connectivity index (χ0) is 14.8. The number of nitrogens with zero attached hydrogens (tertiary/aromatic N) is 4. The largest absolute Gasteiger partial charge is 0.229 e. The van der Waals surface area contributed by atoms with Crippen LogP contribution in [0.1, 0.15) is 11.1 Å². The summed E-state index contributed by atoms with van der Waals surface area (Å²) in [4.78, 5) is 0. The summed E-state index contributed by atoms with van der Waals surface area (Å²) in [6.07, 6.45) is 1.22. The van der Waals surface area contributed by atoms with Crippen LogP contribution in [0.5, 0.6) is 0 Å². The molecule has 8 heteroatoms. The van der Waals surface area contributed by atoms with E-state index in [2.05, 4.69) is 15.5 Å². The first-order valence-corrected chi connectivity index (χ1v) is 9.08. The SMILES string of the molecule is Cc1ccc(-n2nnnc2SCCS(C)(=O)=O)cc1C. The Bertz CT molecular complexity index is 710. The summed E-state index contributed by atoms with van der Waals surface area (Å²) in [6, 6.07) is 5.96. The monoisotopic (exact) mass is 312 g/mol. The Kier molecular flexibility index (Phi) is 4.44. The first-order chi connectivity index (χ1) is 9.37. The van der Waals surface area contributed by atoms with Crippen LogP contribution in [-0.2, 0) is 9.84 Å². The minimum absolute atomic E-state index is 0.109. The number of thioether (sulfide) groups is 1. The third-order valence-electron chi connectivity index (χ3n) is 2.86. The number of aryl methyl sites for hydroxylation is 2. The highest BCUT2D eigenvalue weighted by Crippen LogP contribution is 2.20. The van der Waals surface area contributed by atoms with Crippen molar-refractivity contribution in [3.8, 4) is 5.69 Å². The van der Waals surface area contributed by atoms with Crippen LogP contribution < -0.4 is 0 Å². The maximum absolute atomic E-state index is 11.1. The molecular weight excluding hydrogens is 296 g/mol. The molecule has 0 saturated carbocycles. The van der Waals surface area contributed by atoms with Crippen molar-refractivity contribution in [3.05, 3.63) is 29.3 Å². The topological polar surface area (TPSA) is 77.7 Å². The lowest BCUT2D eigenvalue weighted by Gasteiger charge is -2.06. The maximum atomic E-state index is 11.1. The van der Waals surface area contributed by atoms with Gasteiger partial charge in [-0.05, 0) is 47.5 Å². The van der Waals surface area contributed by atoms with E-state index in [1.54, 1.807) is 4.68 Å². The molecule has 0 unspecified atom stereocenters. The molecule has 0 spiro atoms. The van der Waals surface area contributed by atoms with E-state index < -0.39 is 9.84 Å². The van der Waals surface area contributed by atoms with E-state index in [0.29, 0.717) is 10.9 Å². The van der Waals surface area contributed by atoms with Gasteiger partial charge in [0.15, 0.2) is 0 Å². The first-order valence-electron chi connectivity index (χ1n) is 6.03. The Labute approximate surface area is 122 Å². The molecule has 2 rings (SSSR count). The number of tetrazole rings is 1. The van der Waals surface area contributed by atoms with Gasteiger partial charge in [0.2, 0.25) is 5.16 Å². The summed E-state index contributed by atoms with van der Waals surface area (Å²) in [5.74, 6) is 0.543. The molecule has 108 valence electrons. The molecule has 0 bridgehead atoms. The van der Waals surface area contributed by atoms with Crippen LogP contribution in [0.15, 0.2) is 23.4 Å². The second kappa shape index (κ2) is 5.92. The maximum Gasteiger partial charge on any atom is 0.214 e. The van der Waals surface area contributed by atoms with Crippen LogP contribution in [0.4, 0.5) is 0 Å². The fourth-order valence-corrected chi connectivity index (χ4v) is 3.66. The van der Waals surface area contributed by atoms with E-state index >= 15 is 0 Å². The van der Waals surface area contributed by atoms with Crippen molar-refractivity contribution in [1.29, 1.82) is 0 Å². The molecule has 1 aromatic heterocycles. The van der Waals surface area contributed by atoms with E-state index in [1.807, 2.05) is 32.0 Å². The third-order valence-corrected chi connectivity index (χ3v) is 4.99. The molecule has 20 heavy (non-hydrogen) atoms. The molecule has 0 fully saturated rings. The van der Waals surface area contributed by atoms with Gasteiger partial charge in [0.25, 0.3) is 0 Å². The smallest absolute Gasteiger partial charge is 0.214 e. The molecule has 1 aromatic carbocycles. The van der Waals surface area contributed by atoms with Gasteiger partial charge in [0.1, 0.15) is 9.84 Å². The average molecular weight is 312 g/mol. The van der Waals surface area contributed by atoms with Gasteiger partial charge in [-0.2, -0.15) is 4.68 Å². The predicted molar refractivity (Wildman–Crippen MR) is 79.1 cm³/mol. The van der Waals surface area contributed by atoms with Gasteiger partial charge >= 0.3 is 0 Å². The van der Waals surface area contributed by atoms with Crippen molar-refractivity contribution in [2.45, 2.75) is 19.0 Å². The van der Waals surface area contributed by atoms with Crippen LogP contribution in [0.2, 0.25) is 0 Å². The molecule has 0 radical (unpaired) electrons. The minimum Gasteiger partial charge on any atom is -0.229 e. The van der Waals surface area contributed by atoms with Crippen LogP contribution in [0.25, 0.3) is 5.69 Å². The summed E-state index contributed by atoms with van der Waals surface area (Å²) >= 11 is 1.33. The van der Waals surface area contributed by atoms with Crippen LogP contribution in [0.3, 0.4) is 0 Å². The molecule has 0 N–H and O–H groups in total. The Morgan fingerprint density at radius 3 is 2.65 bits per heavy atom. The minimum atomic E-state index is -2.97. The normalized spacial score (nSPS) is 11.8. The molecule has 0 aliphatic rings. The molecule has 6 nitrogen and oxygen atoms in total. The molecule has 2 aromatic rings.